The van der Waals surface area contributed by atoms with Crippen LogP contribution in [-0.2, 0) is 6.61 Å². The van der Waals surface area contributed by atoms with Crippen LogP contribution in [0.4, 0.5) is 0 Å². The van der Waals surface area contributed by atoms with Crippen LogP contribution in [0.25, 0.3) is 0 Å². The van der Waals surface area contributed by atoms with Gasteiger partial charge >= 0.3 is 0 Å². The number of aliphatic hydroxyl groups excluding tert-OH is 1. The second-order valence-corrected chi connectivity index (χ2v) is 4.18. The number of hydrogen-bond donors (Lipinski definition) is 1. The van der Waals surface area contributed by atoms with Gasteiger partial charge in [0.2, 0.25) is 0 Å². The standard InChI is InChI=1S/C14H13NO3/c16-13-9-18-14-6-11(3-4-12(13)14)17-8-10-2-1-5-15-7-10/h1-7,13,16H,8-9H2. The molecule has 1 aromatic heterocycles. The van der Waals surface area contributed by atoms with Crippen LogP contribution in [0, 0.1) is 0 Å². The predicted octanol–water partition coefficient (Wildman–Crippen LogP) is 2.09. The molecule has 3 rings (SSSR count). The normalized spacial score (nSPS) is 17.1. The first-order valence-electron chi connectivity index (χ1n) is 5.79. The van der Waals surface area contributed by atoms with Crippen LogP contribution in [0.5, 0.6) is 11.5 Å². The average molecular weight is 243 g/mol. The van der Waals surface area contributed by atoms with Crippen LogP contribution in [0.3, 0.4) is 0 Å². The van der Waals surface area contributed by atoms with Gasteiger partial charge in [-0.25, -0.2) is 0 Å². The lowest BCUT2D eigenvalue weighted by Gasteiger charge is -2.07. The summed E-state index contributed by atoms with van der Waals surface area (Å²) in [7, 11) is 0. The van der Waals surface area contributed by atoms with E-state index in [4.69, 9.17) is 9.47 Å². The summed E-state index contributed by atoms with van der Waals surface area (Å²) in [5.41, 5.74) is 1.84. The quantitative estimate of drug-likeness (QED) is 0.896. The van der Waals surface area contributed by atoms with E-state index >= 15 is 0 Å². The van der Waals surface area contributed by atoms with Crippen molar-refractivity contribution >= 4 is 0 Å². The summed E-state index contributed by atoms with van der Waals surface area (Å²) in [6.45, 7) is 0.788. The Labute approximate surface area is 105 Å². The minimum Gasteiger partial charge on any atom is -0.490 e. The highest BCUT2D eigenvalue weighted by Crippen LogP contribution is 2.35. The fraction of sp³-hybridized carbons (Fsp3) is 0.214. The first-order chi connectivity index (χ1) is 8.83. The molecule has 1 N–H and O–H groups in total. The molecule has 2 heterocycles. The molecule has 1 atom stereocenters. The highest BCUT2D eigenvalue weighted by atomic mass is 16.5. The van der Waals surface area contributed by atoms with Crippen LogP contribution in [0.2, 0.25) is 0 Å². The molecule has 0 fully saturated rings. The van der Waals surface area contributed by atoms with Crippen LogP contribution < -0.4 is 9.47 Å². The maximum atomic E-state index is 9.61. The summed E-state index contributed by atoms with van der Waals surface area (Å²) in [4.78, 5) is 4.03. The predicted molar refractivity (Wildman–Crippen MR) is 65.5 cm³/mol. The van der Waals surface area contributed by atoms with Crippen LogP contribution in [0.15, 0.2) is 42.7 Å². The number of aromatic nitrogens is 1. The molecule has 2 aromatic rings. The van der Waals surface area contributed by atoms with E-state index in [1.165, 1.54) is 0 Å². The summed E-state index contributed by atoms with van der Waals surface area (Å²) < 4.78 is 11.0. The maximum Gasteiger partial charge on any atom is 0.129 e. The lowest BCUT2D eigenvalue weighted by Crippen LogP contribution is -1.97. The maximum absolute atomic E-state index is 9.61. The minimum atomic E-state index is -0.521. The average Bonchev–Trinajstić information content (AvgIpc) is 2.79. The van der Waals surface area contributed by atoms with E-state index in [9.17, 15) is 5.11 Å². The van der Waals surface area contributed by atoms with Gasteiger partial charge in [-0.3, -0.25) is 4.98 Å². The smallest absolute Gasteiger partial charge is 0.129 e. The lowest BCUT2D eigenvalue weighted by molar-refractivity contribution is 0.140. The number of hydrogen-bond acceptors (Lipinski definition) is 4. The van der Waals surface area contributed by atoms with E-state index in [2.05, 4.69) is 4.98 Å². The van der Waals surface area contributed by atoms with Gasteiger partial charge in [-0.05, 0) is 18.2 Å². The van der Waals surface area contributed by atoms with Crippen molar-refractivity contribution in [2.75, 3.05) is 6.61 Å². The molecule has 4 nitrogen and oxygen atoms in total. The molecule has 0 saturated carbocycles. The summed E-state index contributed by atoms with van der Waals surface area (Å²) in [6.07, 6.45) is 2.98. The van der Waals surface area contributed by atoms with Gasteiger partial charge in [-0.2, -0.15) is 0 Å². The van der Waals surface area contributed by atoms with Gasteiger partial charge in [0.15, 0.2) is 0 Å². The fourth-order valence-corrected chi connectivity index (χ4v) is 1.91. The zero-order valence-corrected chi connectivity index (χ0v) is 9.74. The van der Waals surface area contributed by atoms with E-state index in [0.29, 0.717) is 19.0 Å². The van der Waals surface area contributed by atoms with Gasteiger partial charge in [0.1, 0.15) is 30.8 Å². The van der Waals surface area contributed by atoms with E-state index < -0.39 is 6.10 Å². The van der Waals surface area contributed by atoms with Crippen molar-refractivity contribution in [2.24, 2.45) is 0 Å². The molecule has 0 radical (unpaired) electrons. The molecule has 1 aromatic carbocycles. The van der Waals surface area contributed by atoms with E-state index in [0.717, 1.165) is 16.9 Å². The highest BCUT2D eigenvalue weighted by Gasteiger charge is 2.21. The SMILES string of the molecule is OC1COc2cc(OCc3cccnc3)ccc21. The molecule has 0 spiro atoms. The summed E-state index contributed by atoms with van der Waals surface area (Å²) in [6, 6.07) is 9.32. The molecule has 4 heteroatoms. The third-order valence-electron chi connectivity index (χ3n) is 2.87. The van der Waals surface area contributed by atoms with Crippen LogP contribution in [-0.4, -0.2) is 16.7 Å². The van der Waals surface area contributed by atoms with Gasteiger partial charge in [-0.15, -0.1) is 0 Å². The Hall–Kier alpha value is -2.07. The Morgan fingerprint density at radius 1 is 1.39 bits per heavy atom. The Kier molecular flexibility index (Phi) is 2.86. The number of aliphatic hydroxyl groups is 1. The first kappa shape index (κ1) is 11.0. The molecule has 18 heavy (non-hydrogen) atoms. The third kappa shape index (κ3) is 2.15. The molecule has 0 aliphatic carbocycles. The van der Waals surface area contributed by atoms with Gasteiger partial charge in [0, 0.05) is 29.6 Å². The van der Waals surface area contributed by atoms with E-state index in [1.807, 2.05) is 30.3 Å². The fourth-order valence-electron chi connectivity index (χ4n) is 1.91. The second-order valence-electron chi connectivity index (χ2n) is 4.18. The van der Waals surface area contributed by atoms with Crippen molar-refractivity contribution in [1.29, 1.82) is 0 Å². The first-order valence-corrected chi connectivity index (χ1v) is 5.79. The molecule has 0 saturated heterocycles. The Morgan fingerprint density at radius 2 is 2.33 bits per heavy atom. The number of nitrogens with zero attached hydrogens (tertiary/aromatic N) is 1. The molecular formula is C14H13NO3. The molecule has 0 amide bonds. The number of pyridine rings is 1. The molecule has 1 unspecified atom stereocenters. The van der Waals surface area contributed by atoms with Crippen molar-refractivity contribution in [3.05, 3.63) is 53.9 Å². The van der Waals surface area contributed by atoms with E-state index in [1.54, 1.807) is 12.4 Å². The van der Waals surface area contributed by atoms with Crippen molar-refractivity contribution in [3.8, 4) is 11.5 Å². The van der Waals surface area contributed by atoms with Crippen molar-refractivity contribution < 1.29 is 14.6 Å². The zero-order chi connectivity index (χ0) is 12.4. The highest BCUT2D eigenvalue weighted by molar-refractivity contribution is 5.44. The van der Waals surface area contributed by atoms with Crippen molar-refractivity contribution in [3.63, 3.8) is 0 Å². The third-order valence-corrected chi connectivity index (χ3v) is 2.87. The molecule has 92 valence electrons. The molecule has 1 aliphatic rings. The van der Waals surface area contributed by atoms with Crippen LogP contribution in [0.1, 0.15) is 17.2 Å². The number of benzene rings is 1. The topological polar surface area (TPSA) is 51.6 Å². The number of fused-ring (bicyclic) bond motifs is 1. The van der Waals surface area contributed by atoms with Crippen LogP contribution >= 0.6 is 0 Å². The minimum absolute atomic E-state index is 0.321. The Balaban J connectivity index is 1.71. The monoisotopic (exact) mass is 243 g/mol. The van der Waals surface area contributed by atoms with E-state index in [-0.39, 0.29) is 0 Å². The summed E-state index contributed by atoms with van der Waals surface area (Å²) >= 11 is 0. The van der Waals surface area contributed by atoms with Gasteiger partial charge in [0.05, 0.1) is 0 Å². The lowest BCUT2D eigenvalue weighted by atomic mass is 10.1. The second kappa shape index (κ2) is 4.66. The van der Waals surface area contributed by atoms with Gasteiger partial charge in [-0.1, -0.05) is 6.07 Å². The molecule has 0 bridgehead atoms. The summed E-state index contributed by atoms with van der Waals surface area (Å²) in [5, 5.41) is 9.61. The van der Waals surface area contributed by atoms with Gasteiger partial charge in [0.25, 0.3) is 0 Å². The number of ether oxygens (including phenoxy) is 2. The van der Waals surface area contributed by atoms with Gasteiger partial charge < -0.3 is 14.6 Å². The Bertz CT molecular complexity index is 542. The Morgan fingerprint density at radius 3 is 3.17 bits per heavy atom. The zero-order valence-electron chi connectivity index (χ0n) is 9.74. The number of rotatable bonds is 3. The molecular weight excluding hydrogens is 230 g/mol. The molecule has 1 aliphatic heterocycles. The summed E-state index contributed by atoms with van der Waals surface area (Å²) in [5.74, 6) is 1.43. The van der Waals surface area contributed by atoms with Crippen molar-refractivity contribution in [1.82, 2.24) is 4.98 Å². The largest absolute Gasteiger partial charge is 0.490 e. The van der Waals surface area contributed by atoms with Crippen molar-refractivity contribution in [2.45, 2.75) is 12.7 Å².